The van der Waals surface area contributed by atoms with Gasteiger partial charge in [0.15, 0.2) is 11.7 Å². The van der Waals surface area contributed by atoms with Crippen LogP contribution in [0.3, 0.4) is 0 Å². The maximum absolute atomic E-state index is 11.5. The first-order valence-electron chi connectivity index (χ1n) is 5.86. The number of carbonyl (C=O) groups excluding carboxylic acids is 1. The Labute approximate surface area is 137 Å². The SMILES string of the molecule is O=C(CO/N=C/c1ccccc1Br)Nc1ncc([N+](=O)[O-])s1. The van der Waals surface area contributed by atoms with Crippen molar-refractivity contribution in [1.82, 2.24) is 4.98 Å². The van der Waals surface area contributed by atoms with Crippen molar-refractivity contribution in [3.05, 3.63) is 50.6 Å². The number of nitrogens with one attached hydrogen (secondary N) is 1. The Balaban J connectivity index is 1.80. The molecule has 0 saturated carbocycles. The maximum atomic E-state index is 11.5. The lowest BCUT2D eigenvalue weighted by Gasteiger charge is -2.00. The van der Waals surface area contributed by atoms with Gasteiger partial charge in [-0.2, -0.15) is 0 Å². The monoisotopic (exact) mass is 384 g/mol. The van der Waals surface area contributed by atoms with Gasteiger partial charge in [0, 0.05) is 10.0 Å². The fourth-order valence-electron chi connectivity index (χ4n) is 1.33. The summed E-state index contributed by atoms with van der Waals surface area (Å²) < 4.78 is 0.849. The molecular formula is C12H9BrN4O4S. The molecule has 0 unspecified atom stereocenters. The maximum Gasteiger partial charge on any atom is 0.345 e. The average molecular weight is 385 g/mol. The molecule has 10 heteroatoms. The summed E-state index contributed by atoms with van der Waals surface area (Å²) in [5.74, 6) is -0.506. The molecule has 2 rings (SSSR count). The first kappa shape index (κ1) is 16.0. The highest BCUT2D eigenvalue weighted by Gasteiger charge is 2.13. The first-order valence-corrected chi connectivity index (χ1v) is 7.47. The molecule has 22 heavy (non-hydrogen) atoms. The zero-order valence-corrected chi connectivity index (χ0v) is 13.3. The molecule has 2 aromatic rings. The van der Waals surface area contributed by atoms with Crippen LogP contribution in [0, 0.1) is 10.1 Å². The lowest BCUT2D eigenvalue weighted by Crippen LogP contribution is -2.16. The second-order valence-corrected chi connectivity index (χ2v) is 5.70. The fraction of sp³-hybridized carbons (Fsp3) is 0.0833. The van der Waals surface area contributed by atoms with Gasteiger partial charge in [-0.05, 0) is 17.4 Å². The molecule has 0 radical (unpaired) electrons. The van der Waals surface area contributed by atoms with Gasteiger partial charge in [-0.3, -0.25) is 20.2 Å². The largest absolute Gasteiger partial charge is 0.386 e. The number of nitrogens with zero attached hydrogens (tertiary/aromatic N) is 3. The highest BCUT2D eigenvalue weighted by molar-refractivity contribution is 9.10. The van der Waals surface area contributed by atoms with Crippen molar-refractivity contribution >= 4 is 49.5 Å². The minimum atomic E-state index is -0.578. The van der Waals surface area contributed by atoms with Gasteiger partial charge in [0.1, 0.15) is 6.20 Å². The van der Waals surface area contributed by atoms with E-state index in [9.17, 15) is 14.9 Å². The van der Waals surface area contributed by atoms with E-state index in [1.807, 2.05) is 24.3 Å². The summed E-state index contributed by atoms with van der Waals surface area (Å²) in [5, 5.41) is 16.5. The van der Waals surface area contributed by atoms with Crippen LogP contribution >= 0.6 is 27.3 Å². The van der Waals surface area contributed by atoms with Gasteiger partial charge in [0.2, 0.25) is 0 Å². The zero-order chi connectivity index (χ0) is 15.9. The number of rotatable bonds is 6. The smallest absolute Gasteiger partial charge is 0.345 e. The average Bonchev–Trinajstić information content (AvgIpc) is 2.94. The van der Waals surface area contributed by atoms with Crippen molar-refractivity contribution in [2.24, 2.45) is 5.16 Å². The Hall–Kier alpha value is -2.33. The van der Waals surface area contributed by atoms with Crippen LogP contribution < -0.4 is 5.32 Å². The van der Waals surface area contributed by atoms with E-state index in [0.717, 1.165) is 27.6 Å². The molecule has 0 aliphatic heterocycles. The Morgan fingerprint density at radius 2 is 2.32 bits per heavy atom. The van der Waals surface area contributed by atoms with E-state index in [2.05, 4.69) is 31.4 Å². The van der Waals surface area contributed by atoms with Crippen LogP contribution in [0.5, 0.6) is 0 Å². The van der Waals surface area contributed by atoms with E-state index in [1.54, 1.807) is 0 Å². The van der Waals surface area contributed by atoms with Crippen LogP contribution in [0.2, 0.25) is 0 Å². The number of halogens is 1. The molecule has 1 aromatic carbocycles. The van der Waals surface area contributed by atoms with Gasteiger partial charge >= 0.3 is 5.00 Å². The molecule has 0 bridgehead atoms. The summed E-state index contributed by atoms with van der Waals surface area (Å²) in [4.78, 5) is 30.0. The van der Waals surface area contributed by atoms with Crippen LogP contribution in [0.1, 0.15) is 5.56 Å². The third kappa shape index (κ3) is 4.60. The van der Waals surface area contributed by atoms with Crippen LogP contribution in [-0.2, 0) is 9.63 Å². The van der Waals surface area contributed by atoms with Crippen molar-refractivity contribution < 1.29 is 14.6 Å². The number of nitro groups is 1. The summed E-state index contributed by atoms with van der Waals surface area (Å²) in [6.45, 7) is -0.325. The predicted molar refractivity (Wildman–Crippen MR) is 85.1 cm³/mol. The van der Waals surface area contributed by atoms with Crippen LogP contribution in [0.25, 0.3) is 0 Å². The Morgan fingerprint density at radius 3 is 3.00 bits per heavy atom. The molecule has 0 atom stereocenters. The van der Waals surface area contributed by atoms with Crippen LogP contribution in [-0.4, -0.2) is 28.6 Å². The topological polar surface area (TPSA) is 107 Å². The second kappa shape index (κ2) is 7.61. The number of benzene rings is 1. The van der Waals surface area contributed by atoms with Gasteiger partial charge in [-0.15, -0.1) is 0 Å². The molecule has 1 amide bonds. The number of carbonyl (C=O) groups is 1. The van der Waals surface area contributed by atoms with Gasteiger partial charge in [0.05, 0.1) is 11.1 Å². The Bertz CT molecular complexity index is 719. The van der Waals surface area contributed by atoms with E-state index in [4.69, 9.17) is 4.84 Å². The standard InChI is InChI=1S/C12H9BrN4O4S/c13-9-4-2-1-3-8(9)5-15-21-7-10(18)16-12-14-6-11(22-12)17(19)20/h1-6H,7H2,(H,14,16,18)/b15-5+. The Morgan fingerprint density at radius 1 is 1.55 bits per heavy atom. The number of amides is 1. The highest BCUT2D eigenvalue weighted by Crippen LogP contribution is 2.24. The molecule has 1 aromatic heterocycles. The number of thiazole rings is 1. The first-order chi connectivity index (χ1) is 10.6. The van der Waals surface area contributed by atoms with E-state index < -0.39 is 10.8 Å². The molecule has 0 aliphatic rings. The van der Waals surface area contributed by atoms with E-state index in [-0.39, 0.29) is 16.7 Å². The molecule has 0 fully saturated rings. The number of hydrogen-bond acceptors (Lipinski definition) is 7. The molecule has 0 saturated heterocycles. The quantitative estimate of drug-likeness (QED) is 0.468. The number of anilines is 1. The summed E-state index contributed by atoms with van der Waals surface area (Å²) >= 11 is 4.11. The third-order valence-electron chi connectivity index (χ3n) is 2.29. The molecule has 1 N–H and O–H groups in total. The molecule has 0 aliphatic carbocycles. The van der Waals surface area contributed by atoms with Crippen LogP contribution in [0.15, 0.2) is 40.1 Å². The lowest BCUT2D eigenvalue weighted by molar-refractivity contribution is -0.380. The highest BCUT2D eigenvalue weighted by atomic mass is 79.9. The normalized spacial score (nSPS) is 10.6. The van der Waals surface area contributed by atoms with Gasteiger partial charge in [0.25, 0.3) is 5.91 Å². The molecule has 1 heterocycles. The van der Waals surface area contributed by atoms with Gasteiger partial charge in [-0.1, -0.05) is 39.3 Å². The van der Waals surface area contributed by atoms with Crippen molar-refractivity contribution in [3.8, 4) is 0 Å². The summed E-state index contributed by atoms with van der Waals surface area (Å²) in [6.07, 6.45) is 2.54. The zero-order valence-electron chi connectivity index (χ0n) is 10.9. The van der Waals surface area contributed by atoms with Crippen molar-refractivity contribution in [3.63, 3.8) is 0 Å². The fourth-order valence-corrected chi connectivity index (χ4v) is 2.37. The number of hydrogen-bond donors (Lipinski definition) is 1. The minimum absolute atomic E-state index is 0.134. The summed E-state index contributed by atoms with van der Waals surface area (Å²) in [6, 6.07) is 7.38. The van der Waals surface area contributed by atoms with Crippen molar-refractivity contribution in [1.29, 1.82) is 0 Å². The van der Waals surface area contributed by atoms with E-state index >= 15 is 0 Å². The van der Waals surface area contributed by atoms with Crippen LogP contribution in [0.4, 0.5) is 10.1 Å². The molecule has 8 nitrogen and oxygen atoms in total. The summed E-state index contributed by atoms with van der Waals surface area (Å²) in [7, 11) is 0. The minimum Gasteiger partial charge on any atom is -0.386 e. The van der Waals surface area contributed by atoms with Crippen molar-refractivity contribution in [2.45, 2.75) is 0 Å². The third-order valence-corrected chi connectivity index (χ3v) is 3.87. The number of aromatic nitrogens is 1. The molecule has 0 spiro atoms. The van der Waals surface area contributed by atoms with E-state index in [1.165, 1.54) is 6.21 Å². The number of oxime groups is 1. The van der Waals surface area contributed by atoms with E-state index in [0.29, 0.717) is 0 Å². The predicted octanol–water partition coefficient (Wildman–Crippen LogP) is 2.80. The van der Waals surface area contributed by atoms with Crippen molar-refractivity contribution in [2.75, 3.05) is 11.9 Å². The van der Waals surface area contributed by atoms with Gasteiger partial charge in [-0.25, -0.2) is 4.98 Å². The Kier molecular flexibility index (Phi) is 5.55. The second-order valence-electron chi connectivity index (χ2n) is 3.84. The molecular weight excluding hydrogens is 376 g/mol. The molecule has 114 valence electrons. The van der Waals surface area contributed by atoms with Gasteiger partial charge < -0.3 is 4.84 Å². The lowest BCUT2D eigenvalue weighted by atomic mass is 10.2. The summed E-state index contributed by atoms with van der Waals surface area (Å²) in [5.41, 5.74) is 0.804.